The summed E-state index contributed by atoms with van der Waals surface area (Å²) in [5.74, 6) is -0.180. The molecule has 0 bridgehead atoms. The van der Waals surface area contributed by atoms with Gasteiger partial charge in [-0.1, -0.05) is 30.3 Å². The van der Waals surface area contributed by atoms with Gasteiger partial charge in [0, 0.05) is 18.0 Å². The van der Waals surface area contributed by atoms with Crippen LogP contribution < -0.4 is 10.2 Å². The maximum atomic E-state index is 13.0. The number of anilines is 3. The van der Waals surface area contributed by atoms with E-state index in [4.69, 9.17) is 0 Å². The number of aryl methyl sites for hydroxylation is 1. The van der Waals surface area contributed by atoms with Gasteiger partial charge in [-0.25, -0.2) is 4.98 Å². The summed E-state index contributed by atoms with van der Waals surface area (Å²) in [6.07, 6.45) is 0.244. The number of amides is 2. The highest BCUT2D eigenvalue weighted by Gasteiger charge is 2.21. The molecule has 26 heavy (non-hydrogen) atoms. The Morgan fingerprint density at radius 3 is 2.35 bits per heavy atom. The first-order valence-electron chi connectivity index (χ1n) is 8.19. The van der Waals surface area contributed by atoms with E-state index in [1.165, 1.54) is 18.3 Å². The van der Waals surface area contributed by atoms with Crippen LogP contribution in [-0.4, -0.2) is 16.8 Å². The van der Waals surface area contributed by atoms with Crippen LogP contribution in [0.25, 0.3) is 0 Å². The van der Waals surface area contributed by atoms with Gasteiger partial charge in [0.05, 0.1) is 17.8 Å². The number of benzene rings is 2. The molecule has 2 aromatic carbocycles. The van der Waals surface area contributed by atoms with E-state index in [9.17, 15) is 9.59 Å². The summed E-state index contributed by atoms with van der Waals surface area (Å²) in [5.41, 5.74) is 3.27. The average molecular weight is 365 g/mol. The summed E-state index contributed by atoms with van der Waals surface area (Å²) in [7, 11) is 0. The Balaban J connectivity index is 1.83. The molecule has 0 saturated heterocycles. The molecule has 1 aromatic heterocycles. The van der Waals surface area contributed by atoms with Gasteiger partial charge in [-0.3, -0.25) is 14.5 Å². The van der Waals surface area contributed by atoms with Crippen LogP contribution in [0.15, 0.2) is 60.0 Å². The van der Waals surface area contributed by atoms with Gasteiger partial charge in [0.25, 0.3) is 0 Å². The fourth-order valence-electron chi connectivity index (χ4n) is 2.55. The summed E-state index contributed by atoms with van der Waals surface area (Å²) in [4.78, 5) is 30.2. The smallest absolute Gasteiger partial charge is 0.237 e. The molecule has 0 fully saturated rings. The summed E-state index contributed by atoms with van der Waals surface area (Å²) in [6, 6.07) is 16.8. The van der Waals surface area contributed by atoms with E-state index in [1.54, 1.807) is 17.0 Å². The van der Waals surface area contributed by atoms with Crippen molar-refractivity contribution in [2.75, 3.05) is 10.2 Å². The maximum Gasteiger partial charge on any atom is 0.237 e. The molecule has 5 nitrogen and oxygen atoms in total. The van der Waals surface area contributed by atoms with Crippen molar-refractivity contribution in [2.24, 2.45) is 0 Å². The zero-order valence-electron chi connectivity index (χ0n) is 14.6. The van der Waals surface area contributed by atoms with Crippen molar-refractivity contribution >= 4 is 39.7 Å². The molecule has 1 N–H and O–H groups in total. The molecule has 0 atom stereocenters. The number of thiazole rings is 1. The monoisotopic (exact) mass is 365 g/mol. The molecule has 6 heteroatoms. The van der Waals surface area contributed by atoms with E-state index >= 15 is 0 Å². The Hall–Kier alpha value is -2.99. The Morgan fingerprint density at radius 2 is 1.77 bits per heavy atom. The molecule has 0 aliphatic carbocycles. The Kier molecular flexibility index (Phi) is 5.43. The van der Waals surface area contributed by atoms with Crippen LogP contribution in [0.5, 0.6) is 0 Å². The number of nitrogens with one attached hydrogen (secondary N) is 1. The van der Waals surface area contributed by atoms with Crippen LogP contribution in [0.3, 0.4) is 0 Å². The molecule has 0 aliphatic heterocycles. The Morgan fingerprint density at radius 1 is 1.08 bits per heavy atom. The molecule has 0 spiro atoms. The van der Waals surface area contributed by atoms with Crippen LogP contribution in [0, 0.1) is 6.92 Å². The summed E-state index contributed by atoms with van der Waals surface area (Å²) in [5, 5.41) is 5.31. The minimum absolute atomic E-state index is 0.0576. The van der Waals surface area contributed by atoms with Crippen LogP contribution in [-0.2, 0) is 16.0 Å². The predicted octanol–water partition coefficient (Wildman–Crippen LogP) is 4.32. The highest BCUT2D eigenvalue weighted by Crippen LogP contribution is 2.29. The third-order valence-electron chi connectivity index (χ3n) is 3.69. The van der Waals surface area contributed by atoms with Gasteiger partial charge < -0.3 is 5.32 Å². The van der Waals surface area contributed by atoms with Crippen molar-refractivity contribution < 1.29 is 9.59 Å². The number of para-hydroxylation sites is 1. The molecule has 132 valence electrons. The highest BCUT2D eigenvalue weighted by atomic mass is 32.1. The molecule has 0 radical (unpaired) electrons. The van der Waals surface area contributed by atoms with Gasteiger partial charge in [0.15, 0.2) is 5.13 Å². The quantitative estimate of drug-likeness (QED) is 0.732. The SMILES string of the molecule is CC(=O)Nc1ccc(CC(=O)N(c2ccccc2)c2nc(C)cs2)cc1. The zero-order chi connectivity index (χ0) is 18.5. The molecule has 3 rings (SSSR count). The fraction of sp³-hybridized carbons (Fsp3) is 0.150. The highest BCUT2D eigenvalue weighted by molar-refractivity contribution is 7.14. The van der Waals surface area contributed by atoms with Crippen LogP contribution >= 0.6 is 11.3 Å². The van der Waals surface area contributed by atoms with E-state index < -0.39 is 0 Å². The summed E-state index contributed by atoms with van der Waals surface area (Å²) in [6.45, 7) is 3.37. The normalized spacial score (nSPS) is 10.4. The molecule has 2 amide bonds. The molecular weight excluding hydrogens is 346 g/mol. The van der Waals surface area contributed by atoms with Crippen LogP contribution in [0.1, 0.15) is 18.2 Å². The second-order valence-corrected chi connectivity index (χ2v) is 6.73. The first-order valence-corrected chi connectivity index (χ1v) is 9.07. The third-order valence-corrected chi connectivity index (χ3v) is 4.64. The maximum absolute atomic E-state index is 13.0. The Bertz CT molecular complexity index is 904. The van der Waals surface area contributed by atoms with Crippen molar-refractivity contribution in [1.29, 1.82) is 0 Å². The molecule has 0 unspecified atom stereocenters. The Labute approximate surface area is 156 Å². The van der Waals surface area contributed by atoms with Gasteiger partial charge in [0.2, 0.25) is 11.8 Å². The van der Waals surface area contributed by atoms with Crippen LogP contribution in [0.2, 0.25) is 0 Å². The molecule has 1 heterocycles. The number of nitrogens with zero attached hydrogens (tertiary/aromatic N) is 2. The van der Waals surface area contributed by atoms with Crippen molar-refractivity contribution in [3.8, 4) is 0 Å². The first kappa shape index (κ1) is 17.8. The second-order valence-electron chi connectivity index (χ2n) is 5.89. The molecule has 0 saturated carbocycles. The van der Waals surface area contributed by atoms with Crippen molar-refractivity contribution in [3.63, 3.8) is 0 Å². The van der Waals surface area contributed by atoms with Gasteiger partial charge in [0.1, 0.15) is 0 Å². The van der Waals surface area contributed by atoms with Crippen LogP contribution in [0.4, 0.5) is 16.5 Å². The van der Waals surface area contributed by atoms with Gasteiger partial charge in [-0.15, -0.1) is 11.3 Å². The number of hydrogen-bond acceptors (Lipinski definition) is 4. The van der Waals surface area contributed by atoms with Gasteiger partial charge in [-0.2, -0.15) is 0 Å². The number of aromatic nitrogens is 1. The number of hydrogen-bond donors (Lipinski definition) is 1. The second kappa shape index (κ2) is 7.93. The predicted molar refractivity (Wildman–Crippen MR) is 105 cm³/mol. The molecule has 3 aromatic rings. The van der Waals surface area contributed by atoms with E-state index in [2.05, 4.69) is 10.3 Å². The molecule has 0 aliphatic rings. The fourth-order valence-corrected chi connectivity index (χ4v) is 3.38. The zero-order valence-corrected chi connectivity index (χ0v) is 15.4. The lowest BCUT2D eigenvalue weighted by Gasteiger charge is -2.20. The van der Waals surface area contributed by atoms with Crippen molar-refractivity contribution in [3.05, 3.63) is 71.2 Å². The van der Waals surface area contributed by atoms with Gasteiger partial charge >= 0.3 is 0 Å². The minimum atomic E-state index is -0.122. The van der Waals surface area contributed by atoms with Crippen molar-refractivity contribution in [1.82, 2.24) is 4.98 Å². The standard InChI is InChI=1S/C20H19N3O2S/c1-14-13-26-20(21-14)23(18-6-4-3-5-7-18)19(25)12-16-8-10-17(11-9-16)22-15(2)24/h3-11,13H,12H2,1-2H3,(H,22,24). The van der Waals surface area contributed by atoms with E-state index in [0.717, 1.165) is 16.9 Å². The lowest BCUT2D eigenvalue weighted by molar-refractivity contribution is -0.117. The van der Waals surface area contributed by atoms with Gasteiger partial charge in [-0.05, 0) is 36.8 Å². The summed E-state index contributed by atoms with van der Waals surface area (Å²) < 4.78 is 0. The van der Waals surface area contributed by atoms with E-state index in [-0.39, 0.29) is 18.2 Å². The lowest BCUT2D eigenvalue weighted by Crippen LogP contribution is -2.27. The third kappa shape index (κ3) is 4.34. The molecular formula is C20H19N3O2S. The number of carbonyl (C=O) groups excluding carboxylic acids is 2. The number of rotatable bonds is 5. The van der Waals surface area contributed by atoms with E-state index in [0.29, 0.717) is 10.8 Å². The topological polar surface area (TPSA) is 62.3 Å². The van der Waals surface area contributed by atoms with Crippen molar-refractivity contribution in [2.45, 2.75) is 20.3 Å². The lowest BCUT2D eigenvalue weighted by atomic mass is 10.1. The minimum Gasteiger partial charge on any atom is -0.326 e. The first-order chi connectivity index (χ1) is 12.5. The number of carbonyl (C=O) groups is 2. The largest absolute Gasteiger partial charge is 0.326 e. The van der Waals surface area contributed by atoms with E-state index in [1.807, 2.05) is 54.8 Å². The summed E-state index contributed by atoms with van der Waals surface area (Å²) >= 11 is 1.45. The average Bonchev–Trinajstić information content (AvgIpc) is 3.03.